The van der Waals surface area contributed by atoms with Crippen molar-refractivity contribution in [2.75, 3.05) is 13.1 Å². The second-order valence-corrected chi connectivity index (χ2v) is 8.65. The molecule has 2 aromatic rings. The average Bonchev–Trinajstić information content (AvgIpc) is 3.16. The lowest BCUT2D eigenvalue weighted by Gasteiger charge is -2.30. The third-order valence-electron chi connectivity index (χ3n) is 4.48. The minimum Gasteiger partial charge on any atom is -0.444 e. The van der Waals surface area contributed by atoms with E-state index >= 15 is 0 Å². The van der Waals surface area contributed by atoms with Crippen LogP contribution in [0.4, 0.5) is 4.79 Å². The fraction of sp³-hybridized carbons (Fsp3) is 0.500. The van der Waals surface area contributed by atoms with Crippen LogP contribution in [0.5, 0.6) is 0 Å². The fourth-order valence-corrected chi connectivity index (χ4v) is 4.42. The lowest BCUT2D eigenvalue weighted by molar-refractivity contribution is 0.0195. The van der Waals surface area contributed by atoms with Gasteiger partial charge in [0.2, 0.25) is 0 Å². The molecule has 0 aliphatic carbocycles. The van der Waals surface area contributed by atoms with Crippen molar-refractivity contribution in [2.24, 2.45) is 0 Å². The van der Waals surface area contributed by atoms with E-state index in [9.17, 15) is 9.59 Å². The number of fused-ring (bicyclic) bond motifs is 2. The van der Waals surface area contributed by atoms with Crippen LogP contribution >= 0.6 is 11.3 Å². The summed E-state index contributed by atoms with van der Waals surface area (Å²) in [6, 6.07) is 2.09. The maximum atomic E-state index is 12.4. The van der Waals surface area contributed by atoms with Crippen molar-refractivity contribution in [1.29, 1.82) is 0 Å². The Bertz CT molecular complexity index is 878. The van der Waals surface area contributed by atoms with Crippen molar-refractivity contribution in [3.63, 3.8) is 0 Å². The van der Waals surface area contributed by atoms with Crippen LogP contribution in [0.2, 0.25) is 0 Å². The van der Waals surface area contributed by atoms with Gasteiger partial charge in [-0.15, -0.1) is 11.3 Å². The first-order valence-electron chi connectivity index (χ1n) is 8.76. The van der Waals surface area contributed by atoms with Gasteiger partial charge in [0.15, 0.2) is 0 Å². The Balaban J connectivity index is 1.62. The highest BCUT2D eigenvalue weighted by Crippen LogP contribution is 2.36. The van der Waals surface area contributed by atoms with Gasteiger partial charge < -0.3 is 15.0 Å². The predicted octanol–water partition coefficient (Wildman–Crippen LogP) is 2.65. The number of carbonyl (C=O) groups is 2. The summed E-state index contributed by atoms with van der Waals surface area (Å²) in [7, 11) is 0. The smallest absolute Gasteiger partial charge is 0.410 e. The van der Waals surface area contributed by atoms with Gasteiger partial charge in [-0.3, -0.25) is 9.48 Å². The maximum absolute atomic E-state index is 12.4. The van der Waals surface area contributed by atoms with Crippen LogP contribution < -0.4 is 5.32 Å². The van der Waals surface area contributed by atoms with Gasteiger partial charge in [0.1, 0.15) is 5.60 Å². The summed E-state index contributed by atoms with van der Waals surface area (Å²) in [6.07, 6.45) is 2.38. The summed E-state index contributed by atoms with van der Waals surface area (Å²) in [5.41, 5.74) is 2.55. The van der Waals surface area contributed by atoms with Crippen molar-refractivity contribution in [3.8, 4) is 10.4 Å². The molecule has 0 saturated carbocycles. The van der Waals surface area contributed by atoms with E-state index in [2.05, 4.69) is 16.5 Å². The summed E-state index contributed by atoms with van der Waals surface area (Å²) in [5, 5.41) is 7.35. The molecule has 0 fully saturated rings. The maximum Gasteiger partial charge on any atom is 0.410 e. The molecular formula is C18H22N4O3S. The lowest BCUT2D eigenvalue weighted by atomic mass is 10.1. The number of amides is 2. The highest BCUT2D eigenvalue weighted by molar-refractivity contribution is 7.17. The van der Waals surface area contributed by atoms with Gasteiger partial charge >= 0.3 is 6.09 Å². The van der Waals surface area contributed by atoms with Crippen LogP contribution in [0.1, 0.15) is 41.7 Å². The molecule has 4 rings (SSSR count). The number of rotatable bonds is 1. The van der Waals surface area contributed by atoms with E-state index < -0.39 is 5.60 Å². The number of thiophene rings is 1. The Hall–Kier alpha value is -2.35. The summed E-state index contributed by atoms with van der Waals surface area (Å²) in [6.45, 7) is 7.95. The topological polar surface area (TPSA) is 76.5 Å². The van der Waals surface area contributed by atoms with Gasteiger partial charge in [0, 0.05) is 23.5 Å². The Morgan fingerprint density at radius 1 is 1.35 bits per heavy atom. The number of nitrogens with zero attached hydrogens (tertiary/aromatic N) is 3. The molecule has 2 aromatic heterocycles. The third-order valence-corrected chi connectivity index (χ3v) is 5.69. The third kappa shape index (κ3) is 3.09. The highest BCUT2D eigenvalue weighted by Gasteiger charge is 2.29. The van der Waals surface area contributed by atoms with Gasteiger partial charge in [0.05, 0.1) is 29.9 Å². The first-order valence-corrected chi connectivity index (χ1v) is 9.57. The highest BCUT2D eigenvalue weighted by atomic mass is 32.1. The Kier molecular flexibility index (Phi) is 4.02. The van der Waals surface area contributed by atoms with Gasteiger partial charge in [-0.25, -0.2) is 4.79 Å². The first kappa shape index (κ1) is 17.1. The predicted molar refractivity (Wildman–Crippen MR) is 98.2 cm³/mol. The van der Waals surface area contributed by atoms with E-state index in [-0.39, 0.29) is 12.0 Å². The second-order valence-electron chi connectivity index (χ2n) is 7.60. The van der Waals surface area contributed by atoms with E-state index in [0.29, 0.717) is 26.2 Å². The largest absolute Gasteiger partial charge is 0.444 e. The van der Waals surface area contributed by atoms with Crippen LogP contribution in [0.15, 0.2) is 12.3 Å². The standard InChI is InChI=1S/C18H22N4O3S/c1-18(2,3)25-17(24)21-6-7-22-13(10-21)12(9-20-22)14-8-11-4-5-19-16(23)15(11)26-14/h8-9H,4-7,10H2,1-3H3,(H,19,23). The van der Waals surface area contributed by atoms with Gasteiger partial charge in [-0.2, -0.15) is 5.10 Å². The zero-order valence-electron chi connectivity index (χ0n) is 15.2. The number of ether oxygens (including phenoxy) is 1. The number of aromatic nitrogens is 2. The molecule has 8 heteroatoms. The zero-order chi connectivity index (χ0) is 18.5. The van der Waals surface area contributed by atoms with Crippen LogP contribution in [0.25, 0.3) is 10.4 Å². The average molecular weight is 374 g/mol. The molecule has 0 spiro atoms. The molecule has 26 heavy (non-hydrogen) atoms. The van der Waals surface area contributed by atoms with Crippen LogP contribution in [-0.2, 0) is 24.2 Å². The molecule has 2 aliphatic rings. The van der Waals surface area contributed by atoms with Gasteiger partial charge in [-0.1, -0.05) is 0 Å². The summed E-state index contributed by atoms with van der Waals surface area (Å²) in [4.78, 5) is 28.0. The molecule has 0 saturated heterocycles. The lowest BCUT2D eigenvalue weighted by Crippen LogP contribution is -2.41. The summed E-state index contributed by atoms with van der Waals surface area (Å²) >= 11 is 1.49. The molecule has 0 atom stereocenters. The number of nitrogens with one attached hydrogen (secondary N) is 1. The SMILES string of the molecule is CC(C)(C)OC(=O)N1CCn2ncc(-c3cc4c(s3)C(=O)NCC4)c2C1. The van der Waals surface area contributed by atoms with Crippen LogP contribution in [0.3, 0.4) is 0 Å². The van der Waals surface area contributed by atoms with Gasteiger partial charge in [-0.05, 0) is 38.8 Å². The van der Waals surface area contributed by atoms with Crippen LogP contribution in [0, 0.1) is 0 Å². The second kappa shape index (κ2) is 6.12. The molecule has 2 aliphatic heterocycles. The van der Waals surface area contributed by atoms with Crippen molar-refractivity contribution < 1.29 is 14.3 Å². The normalized spacial score (nSPS) is 16.7. The molecule has 7 nitrogen and oxygen atoms in total. The van der Waals surface area contributed by atoms with Crippen molar-refractivity contribution >= 4 is 23.3 Å². The molecule has 1 N–H and O–H groups in total. The first-order chi connectivity index (χ1) is 12.3. The number of carbonyl (C=O) groups excluding carboxylic acids is 2. The van der Waals surface area contributed by atoms with E-state index in [1.54, 1.807) is 4.90 Å². The molecule has 0 radical (unpaired) electrons. The molecule has 0 bridgehead atoms. The zero-order valence-corrected chi connectivity index (χ0v) is 16.0. The van der Waals surface area contributed by atoms with Gasteiger partial charge in [0.25, 0.3) is 5.91 Å². The van der Waals surface area contributed by atoms with Crippen molar-refractivity contribution in [1.82, 2.24) is 20.0 Å². The minimum atomic E-state index is -0.516. The van der Waals surface area contributed by atoms with Crippen molar-refractivity contribution in [3.05, 3.63) is 28.4 Å². The summed E-state index contributed by atoms with van der Waals surface area (Å²) < 4.78 is 7.44. The Morgan fingerprint density at radius 3 is 2.88 bits per heavy atom. The van der Waals surface area contributed by atoms with E-state index in [0.717, 1.165) is 33.0 Å². The quantitative estimate of drug-likeness (QED) is 0.833. The van der Waals surface area contributed by atoms with E-state index in [4.69, 9.17) is 4.74 Å². The molecule has 2 amide bonds. The van der Waals surface area contributed by atoms with Crippen molar-refractivity contribution in [2.45, 2.75) is 45.9 Å². The number of hydrogen-bond acceptors (Lipinski definition) is 5. The monoisotopic (exact) mass is 374 g/mol. The Labute approximate surface area is 155 Å². The molecule has 138 valence electrons. The van der Waals surface area contributed by atoms with Crippen LogP contribution in [-0.4, -0.2) is 45.4 Å². The van der Waals surface area contributed by atoms with E-state index in [1.165, 1.54) is 11.3 Å². The Morgan fingerprint density at radius 2 is 2.15 bits per heavy atom. The fourth-order valence-electron chi connectivity index (χ4n) is 3.26. The molecular weight excluding hydrogens is 352 g/mol. The minimum absolute atomic E-state index is 0.00100. The molecule has 0 unspecified atom stereocenters. The molecule has 0 aromatic carbocycles. The molecule has 4 heterocycles. The number of hydrogen-bond donors (Lipinski definition) is 1. The van der Waals surface area contributed by atoms with E-state index in [1.807, 2.05) is 31.6 Å². The summed E-state index contributed by atoms with van der Waals surface area (Å²) in [5.74, 6) is -0.00100.